The quantitative estimate of drug-likeness (QED) is 0.403. The highest BCUT2D eigenvalue weighted by Gasteiger charge is 2.30. The number of pyridine rings is 1. The van der Waals surface area contributed by atoms with Gasteiger partial charge >= 0.3 is 0 Å². The number of nitrogens with two attached hydrogens (primary N) is 1. The van der Waals surface area contributed by atoms with Crippen molar-refractivity contribution in [1.29, 1.82) is 5.41 Å². The number of benzene rings is 1. The summed E-state index contributed by atoms with van der Waals surface area (Å²) in [5.74, 6) is -0.209. The number of amides is 1. The van der Waals surface area contributed by atoms with Crippen LogP contribution in [-0.4, -0.2) is 59.0 Å². The van der Waals surface area contributed by atoms with Crippen LogP contribution in [0.2, 0.25) is 5.02 Å². The van der Waals surface area contributed by atoms with Gasteiger partial charge in [0, 0.05) is 28.5 Å². The summed E-state index contributed by atoms with van der Waals surface area (Å²) in [6.07, 6.45) is 3.45. The van der Waals surface area contributed by atoms with E-state index in [9.17, 15) is 4.79 Å². The van der Waals surface area contributed by atoms with Gasteiger partial charge in [-0.2, -0.15) is 0 Å². The minimum absolute atomic E-state index is 0.0166. The summed E-state index contributed by atoms with van der Waals surface area (Å²) < 4.78 is 5.46. The molecule has 0 saturated carbocycles. The Bertz CT molecular complexity index is 1030. The maximum Gasteiger partial charge on any atom is 0.244 e. The van der Waals surface area contributed by atoms with E-state index in [1.54, 1.807) is 18.5 Å². The molecule has 4 rings (SSSR count). The standard InChI is InChI=1S/C18H19ClN6O2/c19-10-5-12-11-1-2-22-7-14(11)23-17(12)13(6-10)24-18(26)15-9-27-4-3-25(15)8-16(20)21/h1-2,5-7,15,23H,3-4,8-9H2,(H3,20,21)(H,24,26)/t15-/m0/s1. The Kier molecular flexibility index (Phi) is 4.69. The van der Waals surface area contributed by atoms with Crippen molar-refractivity contribution in [2.75, 3.05) is 31.6 Å². The number of carbonyl (C=O) groups excluding carboxylic acids is 1. The van der Waals surface area contributed by atoms with Crippen molar-refractivity contribution in [3.63, 3.8) is 0 Å². The number of hydrogen-bond acceptors (Lipinski definition) is 5. The molecule has 3 aromatic rings. The first-order chi connectivity index (χ1) is 13.0. The molecule has 140 valence electrons. The number of carbonyl (C=O) groups is 1. The summed E-state index contributed by atoms with van der Waals surface area (Å²) in [5.41, 5.74) is 7.75. The molecule has 0 aliphatic carbocycles. The molecule has 8 nitrogen and oxygen atoms in total. The summed E-state index contributed by atoms with van der Waals surface area (Å²) in [7, 11) is 0. The number of amidine groups is 1. The topological polar surface area (TPSA) is 120 Å². The van der Waals surface area contributed by atoms with Crippen LogP contribution >= 0.6 is 11.6 Å². The Balaban J connectivity index is 1.68. The molecule has 1 fully saturated rings. The minimum atomic E-state index is -0.525. The molecular weight excluding hydrogens is 368 g/mol. The summed E-state index contributed by atoms with van der Waals surface area (Å²) in [6.45, 7) is 1.53. The van der Waals surface area contributed by atoms with Gasteiger partial charge < -0.3 is 20.8 Å². The number of anilines is 1. The first kappa shape index (κ1) is 17.7. The van der Waals surface area contributed by atoms with Crippen LogP contribution in [0.1, 0.15) is 0 Å². The van der Waals surface area contributed by atoms with E-state index in [4.69, 9.17) is 27.5 Å². The van der Waals surface area contributed by atoms with Gasteiger partial charge in [-0.05, 0) is 18.2 Å². The lowest BCUT2D eigenvalue weighted by Gasteiger charge is -2.34. The molecule has 1 saturated heterocycles. The van der Waals surface area contributed by atoms with Gasteiger partial charge in [0.05, 0.1) is 42.7 Å². The van der Waals surface area contributed by atoms with E-state index in [-0.39, 0.29) is 24.9 Å². The first-order valence-electron chi connectivity index (χ1n) is 8.53. The number of nitrogens with one attached hydrogen (secondary N) is 3. The molecule has 1 atom stereocenters. The van der Waals surface area contributed by atoms with Crippen molar-refractivity contribution in [1.82, 2.24) is 14.9 Å². The van der Waals surface area contributed by atoms with E-state index in [1.165, 1.54) is 0 Å². The zero-order chi connectivity index (χ0) is 19.0. The average molecular weight is 387 g/mol. The molecule has 1 aliphatic rings. The molecule has 0 bridgehead atoms. The largest absolute Gasteiger partial charge is 0.387 e. The van der Waals surface area contributed by atoms with Crippen molar-refractivity contribution >= 4 is 50.8 Å². The highest BCUT2D eigenvalue weighted by Crippen LogP contribution is 2.33. The maximum absolute atomic E-state index is 12.9. The Morgan fingerprint density at radius 3 is 3.15 bits per heavy atom. The van der Waals surface area contributed by atoms with Crippen LogP contribution in [0.4, 0.5) is 5.69 Å². The Labute approximate surface area is 160 Å². The normalized spacial score (nSPS) is 18.0. The number of nitrogens with zero attached hydrogens (tertiary/aromatic N) is 2. The molecule has 2 aromatic heterocycles. The monoisotopic (exact) mass is 386 g/mol. The van der Waals surface area contributed by atoms with Crippen molar-refractivity contribution in [3.8, 4) is 0 Å². The predicted octanol–water partition coefficient (Wildman–Crippen LogP) is 1.94. The number of fused-ring (bicyclic) bond motifs is 3. The second-order valence-corrected chi connectivity index (χ2v) is 6.93. The maximum atomic E-state index is 12.9. The third-order valence-corrected chi connectivity index (χ3v) is 4.87. The summed E-state index contributed by atoms with van der Waals surface area (Å²) >= 11 is 6.29. The van der Waals surface area contributed by atoms with Crippen LogP contribution in [-0.2, 0) is 9.53 Å². The van der Waals surface area contributed by atoms with E-state index in [0.717, 1.165) is 21.8 Å². The molecular formula is C18H19ClN6O2. The lowest BCUT2D eigenvalue weighted by Crippen LogP contribution is -2.54. The van der Waals surface area contributed by atoms with E-state index >= 15 is 0 Å². The van der Waals surface area contributed by atoms with Crippen LogP contribution in [0.5, 0.6) is 0 Å². The van der Waals surface area contributed by atoms with Crippen molar-refractivity contribution < 1.29 is 9.53 Å². The number of H-pyrrole nitrogens is 1. The number of halogens is 1. The number of rotatable bonds is 4. The zero-order valence-corrected chi connectivity index (χ0v) is 15.2. The second kappa shape index (κ2) is 7.15. The van der Waals surface area contributed by atoms with E-state index in [1.807, 2.05) is 17.0 Å². The Morgan fingerprint density at radius 2 is 2.33 bits per heavy atom. The Morgan fingerprint density at radius 1 is 1.48 bits per heavy atom. The first-order valence-corrected chi connectivity index (χ1v) is 8.91. The summed E-state index contributed by atoms with van der Waals surface area (Å²) in [4.78, 5) is 22.2. The van der Waals surface area contributed by atoms with Gasteiger partial charge in [0.25, 0.3) is 0 Å². The van der Waals surface area contributed by atoms with Gasteiger partial charge in [-0.1, -0.05) is 11.6 Å². The predicted molar refractivity (Wildman–Crippen MR) is 105 cm³/mol. The van der Waals surface area contributed by atoms with Crippen molar-refractivity contribution in [3.05, 3.63) is 35.6 Å². The molecule has 9 heteroatoms. The van der Waals surface area contributed by atoms with E-state index in [2.05, 4.69) is 15.3 Å². The molecule has 5 N–H and O–H groups in total. The number of hydrogen-bond donors (Lipinski definition) is 4. The fraction of sp³-hybridized carbons (Fsp3) is 0.278. The van der Waals surface area contributed by atoms with Crippen LogP contribution in [0, 0.1) is 5.41 Å². The Hall–Kier alpha value is -2.68. The van der Waals surface area contributed by atoms with Crippen LogP contribution in [0.3, 0.4) is 0 Å². The fourth-order valence-electron chi connectivity index (χ4n) is 3.42. The van der Waals surface area contributed by atoms with Crippen molar-refractivity contribution in [2.45, 2.75) is 6.04 Å². The third kappa shape index (κ3) is 3.46. The van der Waals surface area contributed by atoms with E-state index < -0.39 is 6.04 Å². The van der Waals surface area contributed by atoms with Crippen LogP contribution in [0.15, 0.2) is 30.6 Å². The fourth-order valence-corrected chi connectivity index (χ4v) is 3.64. The van der Waals surface area contributed by atoms with Gasteiger partial charge in [-0.3, -0.25) is 20.1 Å². The zero-order valence-electron chi connectivity index (χ0n) is 14.5. The molecule has 3 heterocycles. The molecule has 1 aliphatic heterocycles. The smallest absolute Gasteiger partial charge is 0.244 e. The molecule has 1 amide bonds. The SMILES string of the molecule is N=C(N)CN1CCOC[C@H]1C(=O)Nc1cc(Cl)cc2c1[nH]c1cnccc12. The molecule has 0 radical (unpaired) electrons. The van der Waals surface area contributed by atoms with Gasteiger partial charge in [0.15, 0.2) is 0 Å². The lowest BCUT2D eigenvalue weighted by atomic mass is 10.1. The molecule has 0 unspecified atom stereocenters. The summed E-state index contributed by atoms with van der Waals surface area (Å²) in [6, 6.07) is 4.95. The number of ether oxygens (including phenoxy) is 1. The second-order valence-electron chi connectivity index (χ2n) is 6.50. The molecule has 1 aromatic carbocycles. The highest BCUT2D eigenvalue weighted by molar-refractivity contribution is 6.33. The van der Waals surface area contributed by atoms with Gasteiger partial charge in [0.1, 0.15) is 11.9 Å². The molecule has 0 spiro atoms. The van der Waals surface area contributed by atoms with Crippen LogP contribution < -0.4 is 11.1 Å². The lowest BCUT2D eigenvalue weighted by molar-refractivity contribution is -0.126. The average Bonchev–Trinajstić information content (AvgIpc) is 3.00. The van der Waals surface area contributed by atoms with Gasteiger partial charge in [-0.15, -0.1) is 0 Å². The molecule has 27 heavy (non-hydrogen) atoms. The third-order valence-electron chi connectivity index (χ3n) is 4.65. The minimum Gasteiger partial charge on any atom is -0.387 e. The summed E-state index contributed by atoms with van der Waals surface area (Å²) in [5, 5.41) is 12.9. The number of aromatic amines is 1. The number of aromatic nitrogens is 2. The van der Waals surface area contributed by atoms with Crippen molar-refractivity contribution in [2.24, 2.45) is 5.73 Å². The van der Waals surface area contributed by atoms with Gasteiger partial charge in [0.2, 0.25) is 5.91 Å². The highest BCUT2D eigenvalue weighted by atomic mass is 35.5. The van der Waals surface area contributed by atoms with Crippen LogP contribution in [0.25, 0.3) is 21.8 Å². The number of morpholine rings is 1. The van der Waals surface area contributed by atoms with E-state index in [0.29, 0.717) is 23.9 Å². The van der Waals surface area contributed by atoms with Gasteiger partial charge in [-0.25, -0.2) is 0 Å².